The molecule has 0 bridgehead atoms. The van der Waals surface area contributed by atoms with Gasteiger partial charge in [0.15, 0.2) is 0 Å². The standard InChI is InChI=1S/C16H25ClN2O.2ClH/c1-12(2)6-7-15(19-10-8-18-9-11-19)13-4-3-5-14(17)16(13)20;;/h3-5,12,15,18,20H,6-11H2,1-2H3;2*1H/t15-;;/m0../s1. The molecule has 0 amide bonds. The maximum atomic E-state index is 10.3. The number of hydrogen-bond acceptors (Lipinski definition) is 3. The van der Waals surface area contributed by atoms with Crippen molar-refractivity contribution in [2.75, 3.05) is 26.2 Å². The van der Waals surface area contributed by atoms with Crippen LogP contribution in [0.2, 0.25) is 5.02 Å². The van der Waals surface area contributed by atoms with Gasteiger partial charge in [0, 0.05) is 37.8 Å². The van der Waals surface area contributed by atoms with E-state index in [2.05, 4.69) is 24.1 Å². The van der Waals surface area contributed by atoms with Crippen LogP contribution in [0.25, 0.3) is 0 Å². The van der Waals surface area contributed by atoms with Gasteiger partial charge in [0.2, 0.25) is 0 Å². The average Bonchev–Trinajstić information content (AvgIpc) is 2.44. The number of para-hydroxylation sites is 1. The lowest BCUT2D eigenvalue weighted by molar-refractivity contribution is 0.157. The minimum atomic E-state index is 0. The molecule has 0 spiro atoms. The van der Waals surface area contributed by atoms with Gasteiger partial charge < -0.3 is 10.4 Å². The first-order chi connectivity index (χ1) is 9.59. The second-order valence-electron chi connectivity index (χ2n) is 5.95. The van der Waals surface area contributed by atoms with Crippen molar-refractivity contribution in [3.05, 3.63) is 28.8 Å². The number of piperazine rings is 1. The van der Waals surface area contributed by atoms with Crippen molar-refractivity contribution in [2.24, 2.45) is 5.92 Å². The number of nitrogens with one attached hydrogen (secondary N) is 1. The zero-order valence-electron chi connectivity index (χ0n) is 13.2. The summed E-state index contributed by atoms with van der Waals surface area (Å²) in [6.07, 6.45) is 2.21. The van der Waals surface area contributed by atoms with Crippen molar-refractivity contribution in [2.45, 2.75) is 32.7 Å². The summed E-state index contributed by atoms with van der Waals surface area (Å²) in [4.78, 5) is 2.46. The molecule has 2 rings (SSSR count). The molecule has 2 N–H and O–H groups in total. The van der Waals surface area contributed by atoms with Gasteiger partial charge in [-0.25, -0.2) is 0 Å². The van der Waals surface area contributed by atoms with E-state index in [1.807, 2.05) is 12.1 Å². The molecule has 128 valence electrons. The molecule has 1 aromatic rings. The van der Waals surface area contributed by atoms with E-state index in [0.717, 1.165) is 44.6 Å². The van der Waals surface area contributed by atoms with Crippen LogP contribution < -0.4 is 5.32 Å². The number of phenols is 1. The van der Waals surface area contributed by atoms with Crippen LogP contribution in [0, 0.1) is 5.92 Å². The van der Waals surface area contributed by atoms with Crippen LogP contribution in [0.1, 0.15) is 38.3 Å². The number of rotatable bonds is 5. The molecule has 0 aliphatic carbocycles. The third kappa shape index (κ3) is 5.78. The Morgan fingerprint density at radius 3 is 2.41 bits per heavy atom. The van der Waals surface area contributed by atoms with Gasteiger partial charge in [0.25, 0.3) is 0 Å². The highest BCUT2D eigenvalue weighted by atomic mass is 35.5. The minimum Gasteiger partial charge on any atom is -0.506 e. The van der Waals surface area contributed by atoms with E-state index in [1.54, 1.807) is 6.07 Å². The van der Waals surface area contributed by atoms with Crippen molar-refractivity contribution in [3.8, 4) is 5.75 Å². The summed E-state index contributed by atoms with van der Waals surface area (Å²) in [5.74, 6) is 0.920. The summed E-state index contributed by atoms with van der Waals surface area (Å²) >= 11 is 6.08. The molecule has 22 heavy (non-hydrogen) atoms. The zero-order valence-corrected chi connectivity index (χ0v) is 15.6. The molecule has 1 aliphatic rings. The van der Waals surface area contributed by atoms with Gasteiger partial charge in [-0.2, -0.15) is 0 Å². The molecule has 1 heterocycles. The fraction of sp³-hybridized carbons (Fsp3) is 0.625. The molecule has 0 aromatic heterocycles. The molecule has 0 radical (unpaired) electrons. The minimum absolute atomic E-state index is 0. The monoisotopic (exact) mass is 368 g/mol. The molecular weight excluding hydrogens is 343 g/mol. The highest BCUT2D eigenvalue weighted by Gasteiger charge is 2.25. The third-order valence-electron chi connectivity index (χ3n) is 3.99. The van der Waals surface area contributed by atoms with E-state index in [-0.39, 0.29) is 36.6 Å². The summed E-state index contributed by atoms with van der Waals surface area (Å²) < 4.78 is 0. The second kappa shape index (κ2) is 10.6. The van der Waals surface area contributed by atoms with E-state index in [0.29, 0.717) is 10.9 Å². The van der Waals surface area contributed by atoms with Crippen molar-refractivity contribution in [1.29, 1.82) is 0 Å². The quantitative estimate of drug-likeness (QED) is 0.813. The number of nitrogens with zero attached hydrogens (tertiary/aromatic N) is 1. The zero-order chi connectivity index (χ0) is 14.5. The molecule has 3 nitrogen and oxygen atoms in total. The fourth-order valence-corrected chi connectivity index (χ4v) is 3.00. The third-order valence-corrected chi connectivity index (χ3v) is 4.29. The van der Waals surface area contributed by atoms with Crippen LogP contribution in [0.15, 0.2) is 18.2 Å². The smallest absolute Gasteiger partial charge is 0.138 e. The summed E-state index contributed by atoms with van der Waals surface area (Å²) in [7, 11) is 0. The number of benzene rings is 1. The normalized spacial score (nSPS) is 16.7. The molecule has 6 heteroatoms. The Labute approximate surface area is 151 Å². The van der Waals surface area contributed by atoms with E-state index in [1.165, 1.54) is 0 Å². The molecule has 0 unspecified atom stereocenters. The van der Waals surface area contributed by atoms with E-state index >= 15 is 0 Å². The van der Waals surface area contributed by atoms with Crippen LogP contribution in [0.5, 0.6) is 5.75 Å². The van der Waals surface area contributed by atoms with Gasteiger partial charge in [-0.1, -0.05) is 37.6 Å². The van der Waals surface area contributed by atoms with Crippen LogP contribution in [0.4, 0.5) is 0 Å². The lowest BCUT2D eigenvalue weighted by Gasteiger charge is -2.36. The Hall–Kier alpha value is -0.190. The van der Waals surface area contributed by atoms with Gasteiger partial charge in [0.1, 0.15) is 5.75 Å². The first-order valence-electron chi connectivity index (χ1n) is 7.51. The molecule has 0 saturated carbocycles. The Balaban J connectivity index is 0.00000220. The number of hydrogen-bond donors (Lipinski definition) is 2. The topological polar surface area (TPSA) is 35.5 Å². The lowest BCUT2D eigenvalue weighted by atomic mass is 9.95. The maximum absolute atomic E-state index is 10.3. The first-order valence-corrected chi connectivity index (χ1v) is 7.89. The SMILES string of the molecule is CC(C)CC[C@@H](c1cccc(Cl)c1O)N1CCNCC1.Cl.Cl. The Kier molecular flexibility index (Phi) is 10.5. The molecular formula is C16H27Cl3N2O. The summed E-state index contributed by atoms with van der Waals surface area (Å²) in [5, 5.41) is 14.1. The van der Waals surface area contributed by atoms with Crippen molar-refractivity contribution in [1.82, 2.24) is 10.2 Å². The van der Waals surface area contributed by atoms with Gasteiger partial charge in [0.05, 0.1) is 5.02 Å². The fourth-order valence-electron chi connectivity index (χ4n) is 2.82. The van der Waals surface area contributed by atoms with Gasteiger partial charge in [-0.05, 0) is 24.8 Å². The lowest BCUT2D eigenvalue weighted by Crippen LogP contribution is -2.45. The van der Waals surface area contributed by atoms with Gasteiger partial charge >= 0.3 is 0 Å². The predicted molar refractivity (Wildman–Crippen MR) is 98.9 cm³/mol. The molecule has 1 atom stereocenters. The van der Waals surface area contributed by atoms with Crippen molar-refractivity contribution in [3.63, 3.8) is 0 Å². The summed E-state index contributed by atoms with van der Waals surface area (Å²) in [6.45, 7) is 8.56. The molecule has 1 saturated heterocycles. The Morgan fingerprint density at radius 2 is 1.82 bits per heavy atom. The van der Waals surface area contributed by atoms with E-state index < -0.39 is 0 Å². The van der Waals surface area contributed by atoms with Crippen LogP contribution >= 0.6 is 36.4 Å². The van der Waals surface area contributed by atoms with E-state index in [9.17, 15) is 5.11 Å². The van der Waals surface area contributed by atoms with Crippen LogP contribution in [0.3, 0.4) is 0 Å². The van der Waals surface area contributed by atoms with Crippen molar-refractivity contribution < 1.29 is 5.11 Å². The number of aromatic hydroxyl groups is 1. The Bertz CT molecular complexity index is 437. The van der Waals surface area contributed by atoms with Crippen molar-refractivity contribution >= 4 is 36.4 Å². The highest BCUT2D eigenvalue weighted by molar-refractivity contribution is 6.32. The van der Waals surface area contributed by atoms with E-state index in [4.69, 9.17) is 11.6 Å². The first kappa shape index (κ1) is 21.8. The molecule has 1 fully saturated rings. The number of phenolic OH excluding ortho intramolecular Hbond substituents is 1. The predicted octanol–water partition coefficient (Wildman–Crippen LogP) is 4.27. The van der Waals surface area contributed by atoms with Crippen LogP contribution in [-0.4, -0.2) is 36.2 Å². The van der Waals surface area contributed by atoms with Gasteiger partial charge in [-0.3, -0.25) is 4.90 Å². The molecule has 1 aromatic carbocycles. The number of halogens is 3. The maximum Gasteiger partial charge on any atom is 0.138 e. The van der Waals surface area contributed by atoms with Gasteiger partial charge in [-0.15, -0.1) is 24.8 Å². The summed E-state index contributed by atoms with van der Waals surface area (Å²) in [6, 6.07) is 5.95. The Morgan fingerprint density at radius 1 is 1.18 bits per heavy atom. The largest absolute Gasteiger partial charge is 0.506 e. The van der Waals surface area contributed by atoms with Crippen LogP contribution in [-0.2, 0) is 0 Å². The average molecular weight is 370 g/mol. The summed E-state index contributed by atoms with van der Waals surface area (Å²) in [5.41, 5.74) is 0.972. The highest BCUT2D eigenvalue weighted by Crippen LogP contribution is 2.37. The molecule has 1 aliphatic heterocycles. The second-order valence-corrected chi connectivity index (χ2v) is 6.36.